The Bertz CT molecular complexity index is 2030. The fourth-order valence-electron chi connectivity index (χ4n) is 6.87. The number of hydrogen-bond donors (Lipinski definition) is 0. The monoisotopic (exact) mass is 462 g/mol. The summed E-state index contributed by atoms with van der Waals surface area (Å²) in [4.78, 5) is 0. The van der Waals surface area contributed by atoms with E-state index in [-0.39, 0.29) is 5.41 Å². The largest absolute Gasteiger partial charge is 0.344 e. The van der Waals surface area contributed by atoms with Gasteiger partial charge in [0, 0.05) is 45.2 Å². The van der Waals surface area contributed by atoms with Crippen molar-refractivity contribution in [2.24, 2.45) is 7.05 Å². The van der Waals surface area contributed by atoms with E-state index in [4.69, 9.17) is 0 Å². The van der Waals surface area contributed by atoms with E-state index in [0.29, 0.717) is 0 Å². The van der Waals surface area contributed by atoms with Crippen LogP contribution >= 0.6 is 0 Å². The van der Waals surface area contributed by atoms with Crippen molar-refractivity contribution in [3.8, 4) is 16.8 Å². The molecule has 8 rings (SSSR count). The van der Waals surface area contributed by atoms with Crippen LogP contribution in [0, 0.1) is 0 Å². The van der Waals surface area contributed by atoms with E-state index in [9.17, 15) is 0 Å². The first-order chi connectivity index (χ1) is 17.6. The van der Waals surface area contributed by atoms with Crippen LogP contribution in [-0.2, 0) is 12.5 Å². The number of rotatable bonds is 1. The van der Waals surface area contributed by atoms with Gasteiger partial charge in [0.1, 0.15) is 0 Å². The van der Waals surface area contributed by atoms with E-state index in [0.717, 1.165) is 0 Å². The standard InChI is InChI=1S/C34H26N2/c1-34(2)28-13-7-4-10-22(28)26-18-19-27-24-12-6-9-15-30(24)36(33(27)32(26)34)21-16-17-25-23-11-5-8-14-29(23)35(3)31(25)20-21/h4-20H,1-3H3. The third-order valence-electron chi connectivity index (χ3n) is 8.51. The van der Waals surface area contributed by atoms with Gasteiger partial charge in [-0.2, -0.15) is 0 Å². The summed E-state index contributed by atoms with van der Waals surface area (Å²) in [6.07, 6.45) is 0. The number of aromatic nitrogens is 2. The summed E-state index contributed by atoms with van der Waals surface area (Å²) in [5, 5.41) is 5.23. The second kappa shape index (κ2) is 6.67. The third-order valence-corrected chi connectivity index (χ3v) is 8.51. The zero-order chi connectivity index (χ0) is 24.2. The highest BCUT2D eigenvalue weighted by Crippen LogP contribution is 2.52. The Morgan fingerprint density at radius 3 is 2.03 bits per heavy atom. The molecule has 2 heteroatoms. The molecule has 1 aliphatic carbocycles. The molecule has 0 spiro atoms. The van der Waals surface area contributed by atoms with Gasteiger partial charge >= 0.3 is 0 Å². The van der Waals surface area contributed by atoms with Gasteiger partial charge < -0.3 is 9.13 Å². The number of hydrogen-bond acceptors (Lipinski definition) is 0. The van der Waals surface area contributed by atoms with Gasteiger partial charge in [0.15, 0.2) is 0 Å². The number of para-hydroxylation sites is 2. The second-order valence-corrected chi connectivity index (χ2v) is 10.7. The molecule has 0 radical (unpaired) electrons. The van der Waals surface area contributed by atoms with Crippen molar-refractivity contribution in [3.63, 3.8) is 0 Å². The minimum absolute atomic E-state index is 0.0820. The van der Waals surface area contributed by atoms with Crippen molar-refractivity contribution < 1.29 is 0 Å². The molecular weight excluding hydrogens is 436 g/mol. The molecule has 7 aromatic rings. The van der Waals surface area contributed by atoms with Crippen LogP contribution in [0.3, 0.4) is 0 Å². The van der Waals surface area contributed by atoms with E-state index >= 15 is 0 Å². The van der Waals surface area contributed by atoms with Gasteiger partial charge in [0.25, 0.3) is 0 Å². The lowest BCUT2D eigenvalue weighted by Crippen LogP contribution is -2.16. The number of fused-ring (bicyclic) bond motifs is 10. The lowest BCUT2D eigenvalue weighted by atomic mass is 9.81. The van der Waals surface area contributed by atoms with E-state index < -0.39 is 0 Å². The van der Waals surface area contributed by atoms with E-state index in [2.05, 4.69) is 133 Å². The highest BCUT2D eigenvalue weighted by Gasteiger charge is 2.38. The maximum atomic E-state index is 2.51. The predicted octanol–water partition coefficient (Wildman–Crippen LogP) is 8.73. The Labute approximate surface area is 210 Å². The molecule has 0 atom stereocenters. The van der Waals surface area contributed by atoms with Crippen LogP contribution in [0.15, 0.2) is 103 Å². The highest BCUT2D eigenvalue weighted by atomic mass is 15.0. The van der Waals surface area contributed by atoms with Gasteiger partial charge in [-0.25, -0.2) is 0 Å². The fourth-order valence-corrected chi connectivity index (χ4v) is 6.87. The first-order valence-electron chi connectivity index (χ1n) is 12.7. The van der Waals surface area contributed by atoms with Gasteiger partial charge in [-0.1, -0.05) is 92.7 Å². The topological polar surface area (TPSA) is 9.86 Å². The van der Waals surface area contributed by atoms with Gasteiger partial charge in [-0.05, 0) is 46.5 Å². The zero-order valence-corrected chi connectivity index (χ0v) is 20.7. The van der Waals surface area contributed by atoms with Crippen molar-refractivity contribution in [2.75, 3.05) is 0 Å². The summed E-state index contributed by atoms with van der Waals surface area (Å²) >= 11 is 0. The highest BCUT2D eigenvalue weighted by molar-refractivity contribution is 6.14. The summed E-state index contributed by atoms with van der Waals surface area (Å²) in [5.41, 5.74) is 11.8. The molecule has 5 aromatic carbocycles. The summed E-state index contributed by atoms with van der Waals surface area (Å²) < 4.78 is 4.83. The number of benzene rings is 5. The van der Waals surface area contributed by atoms with Crippen LogP contribution in [0.5, 0.6) is 0 Å². The van der Waals surface area contributed by atoms with Gasteiger partial charge in [0.2, 0.25) is 0 Å². The van der Waals surface area contributed by atoms with Crippen LogP contribution < -0.4 is 0 Å². The van der Waals surface area contributed by atoms with Crippen LogP contribution in [0.2, 0.25) is 0 Å². The van der Waals surface area contributed by atoms with Crippen LogP contribution in [0.25, 0.3) is 60.4 Å². The van der Waals surface area contributed by atoms with Crippen LogP contribution in [0.4, 0.5) is 0 Å². The van der Waals surface area contributed by atoms with Crippen molar-refractivity contribution in [1.82, 2.24) is 9.13 Å². The lowest BCUT2D eigenvalue weighted by molar-refractivity contribution is 0.664. The van der Waals surface area contributed by atoms with Gasteiger partial charge in [-0.3, -0.25) is 0 Å². The lowest BCUT2D eigenvalue weighted by Gasteiger charge is -2.23. The first kappa shape index (κ1) is 19.9. The summed E-state index contributed by atoms with van der Waals surface area (Å²) in [7, 11) is 2.18. The Balaban J connectivity index is 1.54. The Hall–Kier alpha value is -4.30. The summed E-state index contributed by atoms with van der Waals surface area (Å²) in [5.74, 6) is 0. The van der Waals surface area contributed by atoms with E-state index in [1.54, 1.807) is 0 Å². The molecular formula is C34H26N2. The predicted molar refractivity (Wildman–Crippen MR) is 152 cm³/mol. The Morgan fingerprint density at radius 2 is 1.19 bits per heavy atom. The summed E-state index contributed by atoms with van der Waals surface area (Å²) in [6, 6.07) is 38.1. The molecule has 0 bridgehead atoms. The minimum atomic E-state index is -0.0820. The average Bonchev–Trinajstić information content (AvgIpc) is 3.48. The second-order valence-electron chi connectivity index (χ2n) is 10.7. The molecule has 2 nitrogen and oxygen atoms in total. The van der Waals surface area contributed by atoms with Crippen molar-refractivity contribution >= 4 is 43.6 Å². The molecule has 36 heavy (non-hydrogen) atoms. The zero-order valence-electron chi connectivity index (χ0n) is 20.7. The number of nitrogens with zero attached hydrogens (tertiary/aromatic N) is 2. The molecule has 0 saturated heterocycles. The molecule has 2 heterocycles. The molecule has 172 valence electrons. The van der Waals surface area contributed by atoms with Crippen molar-refractivity contribution in [2.45, 2.75) is 19.3 Å². The van der Waals surface area contributed by atoms with Crippen molar-refractivity contribution in [3.05, 3.63) is 114 Å². The molecule has 0 unspecified atom stereocenters. The molecule has 2 aromatic heterocycles. The summed E-state index contributed by atoms with van der Waals surface area (Å²) in [6.45, 7) is 4.76. The Kier molecular flexibility index (Phi) is 3.70. The molecule has 0 fully saturated rings. The van der Waals surface area contributed by atoms with Crippen molar-refractivity contribution in [1.29, 1.82) is 0 Å². The molecule has 0 aliphatic heterocycles. The Morgan fingerprint density at radius 1 is 0.556 bits per heavy atom. The molecule has 0 saturated carbocycles. The molecule has 1 aliphatic rings. The third kappa shape index (κ3) is 2.32. The van der Waals surface area contributed by atoms with E-state index in [1.807, 2.05) is 0 Å². The average molecular weight is 463 g/mol. The molecule has 0 amide bonds. The maximum Gasteiger partial charge on any atom is 0.0588 e. The normalized spacial score (nSPS) is 14.2. The van der Waals surface area contributed by atoms with Gasteiger partial charge in [-0.15, -0.1) is 0 Å². The maximum absolute atomic E-state index is 2.51. The number of aryl methyl sites for hydroxylation is 1. The van der Waals surface area contributed by atoms with Crippen LogP contribution in [0.1, 0.15) is 25.0 Å². The quantitative estimate of drug-likeness (QED) is 0.231. The smallest absolute Gasteiger partial charge is 0.0588 e. The van der Waals surface area contributed by atoms with E-state index in [1.165, 1.54) is 71.6 Å². The first-order valence-corrected chi connectivity index (χ1v) is 12.7. The SMILES string of the molecule is Cn1c2ccccc2c2ccc(-n3c4ccccc4c4ccc5c(c43)C(C)(C)c3ccccc3-5)cc21. The van der Waals surface area contributed by atoms with Gasteiger partial charge in [0.05, 0.1) is 16.6 Å². The minimum Gasteiger partial charge on any atom is -0.344 e. The molecule has 0 N–H and O–H groups in total. The van der Waals surface area contributed by atoms with Crippen LogP contribution in [-0.4, -0.2) is 9.13 Å². The fraction of sp³-hybridized carbons (Fsp3) is 0.118.